The fourth-order valence-corrected chi connectivity index (χ4v) is 4.23. The number of carbonyl (C=O) groups is 1. The minimum absolute atomic E-state index is 0.0597. The van der Waals surface area contributed by atoms with Crippen molar-refractivity contribution in [2.24, 2.45) is 0 Å². The van der Waals surface area contributed by atoms with Crippen LogP contribution in [0.4, 0.5) is 10.1 Å². The number of aliphatic carboxylic acids is 1. The summed E-state index contributed by atoms with van der Waals surface area (Å²) in [5.41, 5.74) is 1.68. The van der Waals surface area contributed by atoms with Gasteiger partial charge in [0, 0.05) is 23.5 Å². The zero-order valence-corrected chi connectivity index (χ0v) is 17.6. The molecule has 30 heavy (non-hydrogen) atoms. The topological polar surface area (TPSA) is 96.4 Å². The van der Waals surface area contributed by atoms with E-state index < -0.39 is 27.7 Å². The highest BCUT2D eigenvalue weighted by atomic mass is 35.5. The van der Waals surface area contributed by atoms with Crippen molar-refractivity contribution in [2.45, 2.75) is 24.7 Å². The molecule has 0 saturated heterocycles. The highest BCUT2D eigenvalue weighted by molar-refractivity contribution is 7.92. The molecular formula is C21H18ClFN2O4S. The van der Waals surface area contributed by atoms with Gasteiger partial charge in [-0.2, -0.15) is 0 Å². The molecule has 0 spiro atoms. The molecule has 2 aromatic carbocycles. The number of rotatable bonds is 6. The van der Waals surface area contributed by atoms with Crippen molar-refractivity contribution in [3.05, 3.63) is 76.8 Å². The lowest BCUT2D eigenvalue weighted by atomic mass is 9.96. The van der Waals surface area contributed by atoms with Gasteiger partial charge >= 0.3 is 5.97 Å². The van der Waals surface area contributed by atoms with Gasteiger partial charge in [0.15, 0.2) is 0 Å². The normalized spacial score (nSPS) is 12.4. The van der Waals surface area contributed by atoms with Crippen LogP contribution in [0.3, 0.4) is 0 Å². The van der Waals surface area contributed by atoms with Gasteiger partial charge in [-0.3, -0.25) is 14.5 Å². The van der Waals surface area contributed by atoms with Gasteiger partial charge in [-0.15, -0.1) is 0 Å². The van der Waals surface area contributed by atoms with Crippen molar-refractivity contribution in [1.82, 2.24) is 4.98 Å². The molecule has 0 aliphatic carbocycles. The Kier molecular flexibility index (Phi) is 6.09. The van der Waals surface area contributed by atoms with Crippen molar-refractivity contribution in [2.75, 3.05) is 4.72 Å². The molecule has 0 aliphatic heterocycles. The largest absolute Gasteiger partial charge is 0.481 e. The molecule has 1 heterocycles. The van der Waals surface area contributed by atoms with Crippen LogP contribution >= 0.6 is 11.6 Å². The minimum Gasteiger partial charge on any atom is -0.481 e. The van der Waals surface area contributed by atoms with E-state index in [1.807, 2.05) is 0 Å². The maximum atomic E-state index is 14.0. The lowest BCUT2D eigenvalue weighted by Gasteiger charge is -2.17. The average Bonchev–Trinajstić information content (AvgIpc) is 2.69. The quantitative estimate of drug-likeness (QED) is 0.562. The Balaban J connectivity index is 2.17. The third-order valence-electron chi connectivity index (χ3n) is 4.56. The van der Waals surface area contributed by atoms with E-state index in [-0.39, 0.29) is 21.2 Å². The van der Waals surface area contributed by atoms with Gasteiger partial charge < -0.3 is 5.11 Å². The van der Waals surface area contributed by atoms with E-state index >= 15 is 0 Å². The summed E-state index contributed by atoms with van der Waals surface area (Å²) in [6, 6.07) is 10.1. The van der Waals surface area contributed by atoms with E-state index in [9.17, 15) is 22.7 Å². The molecule has 3 rings (SSSR count). The molecule has 9 heteroatoms. The number of nitrogens with zero attached hydrogens (tertiary/aromatic N) is 1. The number of nitrogens with one attached hydrogen (secondary N) is 1. The Morgan fingerprint density at radius 1 is 1.17 bits per heavy atom. The predicted molar refractivity (Wildman–Crippen MR) is 113 cm³/mol. The number of sulfonamides is 1. The minimum atomic E-state index is -4.05. The second kappa shape index (κ2) is 8.41. The fourth-order valence-electron chi connectivity index (χ4n) is 2.88. The van der Waals surface area contributed by atoms with Gasteiger partial charge in [0.1, 0.15) is 10.7 Å². The lowest BCUT2D eigenvalue weighted by Crippen LogP contribution is -2.15. The van der Waals surface area contributed by atoms with Crippen LogP contribution in [0.2, 0.25) is 5.02 Å². The van der Waals surface area contributed by atoms with E-state index in [0.717, 1.165) is 0 Å². The summed E-state index contributed by atoms with van der Waals surface area (Å²) < 4.78 is 42.3. The summed E-state index contributed by atoms with van der Waals surface area (Å²) in [6.07, 6.45) is 2.72. The van der Waals surface area contributed by atoms with E-state index in [0.29, 0.717) is 16.7 Å². The van der Waals surface area contributed by atoms with Gasteiger partial charge in [0.2, 0.25) is 0 Å². The molecule has 0 fully saturated rings. The summed E-state index contributed by atoms with van der Waals surface area (Å²) in [5, 5.41) is 9.14. The molecule has 1 atom stereocenters. The number of pyridine rings is 1. The van der Waals surface area contributed by atoms with Crippen LogP contribution in [0.1, 0.15) is 24.0 Å². The summed E-state index contributed by atoms with van der Waals surface area (Å²) in [7, 11) is -4.05. The van der Waals surface area contributed by atoms with Crippen LogP contribution in [-0.2, 0) is 14.8 Å². The Bertz CT molecular complexity index is 1230. The lowest BCUT2D eigenvalue weighted by molar-refractivity contribution is -0.138. The van der Waals surface area contributed by atoms with Crippen LogP contribution in [0.15, 0.2) is 59.8 Å². The Hall–Kier alpha value is -2.97. The Morgan fingerprint density at radius 2 is 1.90 bits per heavy atom. The number of hydrogen-bond donors (Lipinski definition) is 2. The van der Waals surface area contributed by atoms with E-state index in [1.54, 1.807) is 19.1 Å². The molecule has 6 nitrogen and oxygen atoms in total. The average molecular weight is 449 g/mol. The number of hydrogen-bond acceptors (Lipinski definition) is 4. The van der Waals surface area contributed by atoms with Crippen molar-refractivity contribution in [1.29, 1.82) is 0 Å². The first-order valence-electron chi connectivity index (χ1n) is 8.86. The second-order valence-corrected chi connectivity index (χ2v) is 8.83. The zero-order valence-electron chi connectivity index (χ0n) is 16.1. The highest BCUT2D eigenvalue weighted by Crippen LogP contribution is 2.37. The maximum Gasteiger partial charge on any atom is 0.310 e. The van der Waals surface area contributed by atoms with Crippen LogP contribution < -0.4 is 4.72 Å². The summed E-state index contributed by atoms with van der Waals surface area (Å²) >= 11 is 6.11. The smallest absolute Gasteiger partial charge is 0.310 e. The van der Waals surface area contributed by atoms with E-state index in [4.69, 9.17) is 11.6 Å². The summed E-state index contributed by atoms with van der Waals surface area (Å²) in [4.78, 5) is 15.2. The number of aryl methyl sites for hydroxylation is 1. The van der Waals surface area contributed by atoms with Crippen molar-refractivity contribution in [3.8, 4) is 11.1 Å². The predicted octanol–water partition coefficient (Wildman–Crippen LogP) is 4.84. The third-order valence-corrected chi connectivity index (χ3v) is 6.28. The molecule has 156 valence electrons. The highest BCUT2D eigenvalue weighted by Gasteiger charge is 2.22. The second-order valence-electron chi connectivity index (χ2n) is 6.77. The summed E-state index contributed by atoms with van der Waals surface area (Å²) in [6.45, 7) is 3.19. The van der Waals surface area contributed by atoms with Crippen LogP contribution in [0.5, 0.6) is 0 Å². The third kappa shape index (κ3) is 4.44. The van der Waals surface area contributed by atoms with Crippen molar-refractivity contribution in [3.63, 3.8) is 0 Å². The Labute approximate surface area is 178 Å². The van der Waals surface area contributed by atoms with Crippen LogP contribution in [0, 0.1) is 12.7 Å². The first-order valence-corrected chi connectivity index (χ1v) is 10.7. The number of anilines is 1. The Morgan fingerprint density at radius 3 is 2.57 bits per heavy atom. The number of benzene rings is 2. The molecule has 0 saturated carbocycles. The molecule has 0 radical (unpaired) electrons. The van der Waals surface area contributed by atoms with Crippen molar-refractivity contribution >= 4 is 33.3 Å². The maximum absolute atomic E-state index is 14.0. The first kappa shape index (κ1) is 21.7. The number of carboxylic acid groups (broad SMARTS) is 1. The molecule has 0 aliphatic rings. The van der Waals surface area contributed by atoms with Crippen molar-refractivity contribution < 1.29 is 22.7 Å². The van der Waals surface area contributed by atoms with Gasteiger partial charge in [-0.25, -0.2) is 12.8 Å². The molecule has 0 bridgehead atoms. The number of halogens is 2. The molecule has 0 amide bonds. The van der Waals surface area contributed by atoms with E-state index in [1.165, 1.54) is 49.6 Å². The van der Waals surface area contributed by atoms with E-state index in [2.05, 4.69) is 9.71 Å². The molecule has 2 N–H and O–H groups in total. The zero-order chi connectivity index (χ0) is 22.1. The van der Waals surface area contributed by atoms with Crippen LogP contribution in [-0.4, -0.2) is 24.5 Å². The standard InChI is InChI=1S/C21H18ClFN2O4S/c1-12-8-15(11-24-10-12)30(28,29)25-19-9-14(13(2)21(26)27)6-7-16(19)17-4-3-5-18(23)20(17)22/h3-11,13,25H,1-2H3,(H,26,27). The number of aromatic nitrogens is 1. The molecule has 1 unspecified atom stereocenters. The molecular weight excluding hydrogens is 431 g/mol. The first-order chi connectivity index (χ1) is 14.1. The SMILES string of the molecule is Cc1cncc(S(=O)(=O)Nc2cc(C(C)C(=O)O)ccc2-c2cccc(F)c2Cl)c1. The molecule has 3 aromatic rings. The van der Waals surface area contributed by atoms with Gasteiger partial charge in [0.25, 0.3) is 10.0 Å². The monoisotopic (exact) mass is 448 g/mol. The van der Waals surface area contributed by atoms with Gasteiger partial charge in [0.05, 0.1) is 16.6 Å². The van der Waals surface area contributed by atoms with Crippen LogP contribution in [0.25, 0.3) is 11.1 Å². The fraction of sp³-hybridized carbons (Fsp3) is 0.143. The van der Waals surface area contributed by atoms with Gasteiger partial charge in [-0.1, -0.05) is 35.9 Å². The summed E-state index contributed by atoms with van der Waals surface area (Å²) in [5.74, 6) is -2.61. The molecule has 1 aromatic heterocycles. The van der Waals surface area contributed by atoms with Gasteiger partial charge in [-0.05, 0) is 43.2 Å². The number of carboxylic acids is 1.